The number of aromatic nitrogens is 2. The van der Waals surface area contributed by atoms with E-state index in [0.29, 0.717) is 0 Å². The minimum absolute atomic E-state index is 0.181. The van der Waals surface area contributed by atoms with Gasteiger partial charge in [0.25, 0.3) is 0 Å². The summed E-state index contributed by atoms with van der Waals surface area (Å²) in [4.78, 5) is 10.4. The molecule has 0 radical (unpaired) electrons. The highest BCUT2D eigenvalue weighted by atomic mass is 16.5. The van der Waals surface area contributed by atoms with Crippen LogP contribution in [-0.2, 0) is 11.3 Å². The second-order valence-corrected chi connectivity index (χ2v) is 1.80. The van der Waals surface area contributed by atoms with Crippen molar-refractivity contribution in [3.63, 3.8) is 0 Å². The minimum atomic E-state index is -0.736. The third kappa shape index (κ3) is 1.74. The predicted octanol–water partition coefficient (Wildman–Crippen LogP) is -0.685. The molecule has 0 aliphatic carbocycles. The molecular weight excluding hydrogens is 150 g/mol. The Morgan fingerprint density at radius 1 is 1.73 bits per heavy atom. The van der Waals surface area contributed by atoms with Gasteiger partial charge in [-0.1, -0.05) is 0 Å². The van der Waals surface area contributed by atoms with Crippen LogP contribution in [0.4, 0.5) is 0 Å². The second-order valence-electron chi connectivity index (χ2n) is 1.80. The molecule has 0 saturated carbocycles. The number of hydrogen-bond donors (Lipinski definition) is 1. The average Bonchev–Trinajstić information content (AvgIpc) is 2.37. The number of carbonyl (C=O) groups is 1. The van der Waals surface area contributed by atoms with Crippen LogP contribution in [0.1, 0.15) is 16.6 Å². The van der Waals surface area contributed by atoms with Crippen LogP contribution in [0.3, 0.4) is 0 Å². The molecule has 0 unspecified atom stereocenters. The van der Waals surface area contributed by atoms with Gasteiger partial charge in [0.05, 0.1) is 0 Å². The Morgan fingerprint density at radius 3 is 2.91 bits per heavy atom. The molecule has 0 bridgehead atoms. The molecule has 1 heterocycles. The van der Waals surface area contributed by atoms with Crippen molar-refractivity contribution in [3.05, 3.63) is 11.8 Å². The van der Waals surface area contributed by atoms with E-state index in [0.717, 1.165) is 0 Å². The van der Waals surface area contributed by atoms with E-state index in [1.807, 2.05) is 0 Å². The zero-order valence-electron chi connectivity index (χ0n) is 5.90. The molecular formula is C5H7N3O3. The normalized spacial score (nSPS) is 9.91. The number of rotatable bonds is 3. The molecule has 1 aromatic heterocycles. The Morgan fingerprint density at radius 2 is 2.45 bits per heavy atom. The van der Waals surface area contributed by atoms with Crippen molar-refractivity contribution in [1.29, 1.82) is 0 Å². The molecule has 6 heteroatoms. The lowest BCUT2D eigenvalue weighted by atomic mass is 10.6. The van der Waals surface area contributed by atoms with Gasteiger partial charge < -0.3 is 14.9 Å². The molecule has 0 fully saturated rings. The maximum absolute atomic E-state index is 10.4. The monoisotopic (exact) mass is 157 g/mol. The number of methoxy groups -OCH3 is 1. The van der Waals surface area contributed by atoms with E-state index < -0.39 is 5.91 Å². The summed E-state index contributed by atoms with van der Waals surface area (Å²) in [6.45, 7) is 0.181. The highest BCUT2D eigenvalue weighted by Crippen LogP contribution is 1.98. The molecule has 60 valence electrons. The van der Waals surface area contributed by atoms with Crippen molar-refractivity contribution in [1.82, 2.24) is 10.2 Å². The number of amides is 1. The molecule has 0 aromatic carbocycles. The number of ether oxygens (including phenoxy) is 1. The predicted molar refractivity (Wildman–Crippen MR) is 33.5 cm³/mol. The van der Waals surface area contributed by atoms with Crippen LogP contribution in [0.25, 0.3) is 0 Å². The Kier molecular flexibility index (Phi) is 2.17. The first kappa shape index (κ1) is 7.67. The molecule has 0 aliphatic heterocycles. The van der Waals surface area contributed by atoms with Crippen LogP contribution in [0.5, 0.6) is 0 Å². The number of carbonyl (C=O) groups excluding carboxylic acids is 1. The molecule has 6 nitrogen and oxygen atoms in total. The standard InChI is InChI=1S/C5H7N3O3/c1-10-2-3-7-8-5(11-3)4(6)9/h2H2,1H3,(H2,6,9). The van der Waals surface area contributed by atoms with Crippen LogP contribution in [-0.4, -0.2) is 23.2 Å². The molecule has 11 heavy (non-hydrogen) atoms. The molecule has 1 amide bonds. The molecule has 0 spiro atoms. The van der Waals surface area contributed by atoms with Gasteiger partial charge in [-0.2, -0.15) is 0 Å². The molecule has 1 aromatic rings. The van der Waals surface area contributed by atoms with Crippen LogP contribution >= 0.6 is 0 Å². The van der Waals surface area contributed by atoms with E-state index in [9.17, 15) is 4.79 Å². The van der Waals surface area contributed by atoms with Gasteiger partial charge in [-0.3, -0.25) is 4.79 Å². The van der Waals surface area contributed by atoms with E-state index in [1.165, 1.54) is 7.11 Å². The van der Waals surface area contributed by atoms with E-state index in [1.54, 1.807) is 0 Å². The lowest BCUT2D eigenvalue weighted by molar-refractivity contribution is 0.0958. The third-order valence-electron chi connectivity index (χ3n) is 0.945. The largest absolute Gasteiger partial charge is 0.414 e. The summed E-state index contributed by atoms with van der Waals surface area (Å²) in [6.07, 6.45) is 0. The minimum Gasteiger partial charge on any atom is -0.414 e. The van der Waals surface area contributed by atoms with Crippen LogP contribution in [0, 0.1) is 0 Å². The number of primary amides is 1. The van der Waals surface area contributed by atoms with Gasteiger partial charge in [0, 0.05) is 7.11 Å². The highest BCUT2D eigenvalue weighted by Gasteiger charge is 2.09. The number of hydrogen-bond acceptors (Lipinski definition) is 5. The SMILES string of the molecule is COCc1nnc(C(N)=O)o1. The van der Waals surface area contributed by atoms with Crippen molar-refractivity contribution in [2.75, 3.05) is 7.11 Å². The lowest BCUT2D eigenvalue weighted by Gasteiger charge is -1.87. The lowest BCUT2D eigenvalue weighted by Crippen LogP contribution is -2.11. The van der Waals surface area contributed by atoms with Crippen LogP contribution < -0.4 is 5.73 Å². The molecule has 0 saturated heterocycles. The first-order valence-electron chi connectivity index (χ1n) is 2.85. The molecule has 1 rings (SSSR count). The van der Waals surface area contributed by atoms with Crippen molar-refractivity contribution in [2.45, 2.75) is 6.61 Å². The maximum Gasteiger partial charge on any atom is 0.306 e. The van der Waals surface area contributed by atoms with Crippen LogP contribution in [0.15, 0.2) is 4.42 Å². The van der Waals surface area contributed by atoms with Gasteiger partial charge in [-0.05, 0) is 0 Å². The van der Waals surface area contributed by atoms with Crippen molar-refractivity contribution >= 4 is 5.91 Å². The van der Waals surface area contributed by atoms with E-state index >= 15 is 0 Å². The summed E-state index contributed by atoms with van der Waals surface area (Å²) in [5.41, 5.74) is 4.85. The first-order chi connectivity index (χ1) is 5.24. The zero-order chi connectivity index (χ0) is 8.27. The van der Waals surface area contributed by atoms with Gasteiger partial charge in [0.15, 0.2) is 0 Å². The summed E-state index contributed by atoms with van der Waals surface area (Å²) < 4.78 is 9.44. The first-order valence-corrected chi connectivity index (χ1v) is 2.85. The van der Waals surface area contributed by atoms with Crippen molar-refractivity contribution < 1.29 is 13.9 Å². The topological polar surface area (TPSA) is 91.2 Å². The molecule has 0 atom stereocenters. The Hall–Kier alpha value is -1.43. The fraction of sp³-hybridized carbons (Fsp3) is 0.400. The van der Waals surface area contributed by atoms with Crippen molar-refractivity contribution in [2.24, 2.45) is 5.73 Å². The highest BCUT2D eigenvalue weighted by molar-refractivity contribution is 5.87. The van der Waals surface area contributed by atoms with Gasteiger partial charge in [-0.25, -0.2) is 0 Å². The van der Waals surface area contributed by atoms with E-state index in [-0.39, 0.29) is 18.4 Å². The van der Waals surface area contributed by atoms with Gasteiger partial charge in [0.1, 0.15) is 6.61 Å². The Balaban J connectivity index is 2.73. The summed E-state index contributed by atoms with van der Waals surface area (Å²) in [5.74, 6) is -0.696. The van der Waals surface area contributed by atoms with Crippen LogP contribution in [0.2, 0.25) is 0 Å². The van der Waals surface area contributed by atoms with Gasteiger partial charge >= 0.3 is 11.8 Å². The maximum atomic E-state index is 10.4. The van der Waals surface area contributed by atoms with Gasteiger partial charge in [0.2, 0.25) is 5.89 Å². The number of nitrogens with zero attached hydrogens (tertiary/aromatic N) is 2. The second kappa shape index (κ2) is 3.11. The molecule has 0 aliphatic rings. The summed E-state index contributed by atoms with van der Waals surface area (Å²) in [7, 11) is 1.48. The zero-order valence-corrected chi connectivity index (χ0v) is 5.90. The quantitative estimate of drug-likeness (QED) is 0.627. The summed E-state index contributed by atoms with van der Waals surface area (Å²) >= 11 is 0. The van der Waals surface area contributed by atoms with E-state index in [2.05, 4.69) is 14.9 Å². The summed E-state index contributed by atoms with van der Waals surface area (Å²) in [6, 6.07) is 0. The summed E-state index contributed by atoms with van der Waals surface area (Å²) in [5, 5.41) is 6.85. The van der Waals surface area contributed by atoms with Crippen molar-refractivity contribution in [3.8, 4) is 0 Å². The molecule has 2 N–H and O–H groups in total. The number of nitrogens with two attached hydrogens (primary N) is 1. The van der Waals surface area contributed by atoms with E-state index in [4.69, 9.17) is 10.2 Å². The Bertz CT molecular complexity index is 257. The fourth-order valence-electron chi connectivity index (χ4n) is 0.535. The average molecular weight is 157 g/mol. The fourth-order valence-corrected chi connectivity index (χ4v) is 0.535. The third-order valence-corrected chi connectivity index (χ3v) is 0.945. The smallest absolute Gasteiger partial charge is 0.306 e. The van der Waals surface area contributed by atoms with Gasteiger partial charge in [-0.15, -0.1) is 10.2 Å². The Labute approximate surface area is 62.3 Å².